The maximum absolute atomic E-state index is 13.4. The van der Waals surface area contributed by atoms with Crippen LogP contribution in [-0.2, 0) is 4.79 Å². The lowest BCUT2D eigenvalue weighted by Crippen LogP contribution is -2.50. The van der Waals surface area contributed by atoms with Gasteiger partial charge in [-0.15, -0.1) is 0 Å². The van der Waals surface area contributed by atoms with Crippen LogP contribution in [0.15, 0.2) is 12.3 Å². The van der Waals surface area contributed by atoms with E-state index in [2.05, 4.69) is 21.7 Å². The minimum absolute atomic E-state index is 0.177. The highest BCUT2D eigenvalue weighted by atomic mass is 16.5. The third kappa shape index (κ3) is 3.40. The van der Waals surface area contributed by atoms with Crippen molar-refractivity contribution >= 4 is 11.6 Å². The van der Waals surface area contributed by atoms with Crippen LogP contribution in [0.5, 0.6) is 5.88 Å². The summed E-state index contributed by atoms with van der Waals surface area (Å²) >= 11 is 0. The Labute approximate surface area is 161 Å². The molecule has 1 aliphatic carbocycles. The number of hydrogen-bond donors (Lipinski definition) is 1. The third-order valence-electron chi connectivity index (χ3n) is 6.84. The Morgan fingerprint density at radius 1 is 1.22 bits per heavy atom. The SMILES string of the molecule is COc1cc(C)c(N2CCC[C@]3(CCN(C4CCC(O)CC4)C3=O)C2)cn1. The number of piperidine rings is 1. The Morgan fingerprint density at radius 3 is 2.70 bits per heavy atom. The lowest BCUT2D eigenvalue weighted by Gasteiger charge is -2.41. The fraction of sp³-hybridized carbons (Fsp3) is 0.714. The van der Waals surface area contributed by atoms with E-state index in [0.29, 0.717) is 17.8 Å². The van der Waals surface area contributed by atoms with Gasteiger partial charge in [0.1, 0.15) is 0 Å². The van der Waals surface area contributed by atoms with Gasteiger partial charge in [-0.2, -0.15) is 0 Å². The molecule has 1 aromatic heterocycles. The maximum atomic E-state index is 13.4. The number of aryl methyl sites for hydroxylation is 1. The molecule has 3 fully saturated rings. The van der Waals surface area contributed by atoms with Gasteiger partial charge in [0, 0.05) is 31.7 Å². The number of ether oxygens (including phenoxy) is 1. The highest BCUT2D eigenvalue weighted by Gasteiger charge is 2.50. The number of pyridine rings is 1. The molecule has 0 unspecified atom stereocenters. The summed E-state index contributed by atoms with van der Waals surface area (Å²) in [5.41, 5.74) is 2.00. The number of likely N-dealkylation sites (tertiary alicyclic amines) is 1. The highest BCUT2D eigenvalue weighted by molar-refractivity contribution is 5.86. The van der Waals surface area contributed by atoms with Crippen LogP contribution in [0.25, 0.3) is 0 Å². The van der Waals surface area contributed by atoms with Crippen molar-refractivity contribution in [3.63, 3.8) is 0 Å². The Kier molecular flexibility index (Phi) is 5.01. The lowest BCUT2D eigenvalue weighted by molar-refractivity contribution is -0.139. The monoisotopic (exact) mass is 373 g/mol. The number of amides is 1. The largest absolute Gasteiger partial charge is 0.481 e. The molecule has 1 N–H and O–H groups in total. The van der Waals surface area contributed by atoms with Crippen LogP contribution in [0, 0.1) is 12.3 Å². The van der Waals surface area contributed by atoms with E-state index in [0.717, 1.165) is 75.8 Å². The number of rotatable bonds is 3. The molecule has 27 heavy (non-hydrogen) atoms. The van der Waals surface area contributed by atoms with Gasteiger partial charge in [-0.25, -0.2) is 4.98 Å². The van der Waals surface area contributed by atoms with Crippen molar-refractivity contribution < 1.29 is 14.6 Å². The number of carbonyl (C=O) groups excluding carboxylic acids is 1. The third-order valence-corrected chi connectivity index (χ3v) is 6.84. The topological polar surface area (TPSA) is 65.9 Å². The van der Waals surface area contributed by atoms with E-state index in [1.165, 1.54) is 0 Å². The molecule has 4 rings (SSSR count). The van der Waals surface area contributed by atoms with Crippen LogP contribution in [0.4, 0.5) is 5.69 Å². The van der Waals surface area contributed by atoms with Crippen molar-refractivity contribution in [2.45, 2.75) is 64.0 Å². The van der Waals surface area contributed by atoms with Gasteiger partial charge < -0.3 is 19.6 Å². The number of aliphatic hydroxyl groups is 1. The molecule has 6 heteroatoms. The fourth-order valence-corrected chi connectivity index (χ4v) is 5.25. The van der Waals surface area contributed by atoms with E-state index in [9.17, 15) is 9.90 Å². The second-order valence-electron chi connectivity index (χ2n) is 8.53. The molecule has 0 bridgehead atoms. The number of carbonyl (C=O) groups is 1. The predicted molar refractivity (Wildman–Crippen MR) is 104 cm³/mol. The number of anilines is 1. The predicted octanol–water partition coefficient (Wildman–Crippen LogP) is 2.52. The standard InChI is InChI=1S/C21H31N3O3/c1-15-12-19(27-2)22-13-18(15)23-10-3-8-21(14-23)9-11-24(20(21)26)16-4-6-17(25)7-5-16/h12-13,16-17,25H,3-11,14H2,1-2H3/t16?,17?,21-/m0/s1. The zero-order valence-electron chi connectivity index (χ0n) is 16.5. The second-order valence-corrected chi connectivity index (χ2v) is 8.53. The Bertz CT molecular complexity index is 702. The Hall–Kier alpha value is -1.82. The zero-order chi connectivity index (χ0) is 19.0. The molecule has 3 heterocycles. The molecule has 148 valence electrons. The highest BCUT2D eigenvalue weighted by Crippen LogP contribution is 2.43. The Balaban J connectivity index is 1.50. The van der Waals surface area contributed by atoms with Gasteiger partial charge in [0.05, 0.1) is 30.5 Å². The van der Waals surface area contributed by atoms with E-state index in [-0.39, 0.29) is 11.5 Å². The summed E-state index contributed by atoms with van der Waals surface area (Å²) in [7, 11) is 1.63. The van der Waals surface area contributed by atoms with Gasteiger partial charge in [0.15, 0.2) is 0 Å². The maximum Gasteiger partial charge on any atom is 0.230 e. The number of hydrogen-bond acceptors (Lipinski definition) is 5. The van der Waals surface area contributed by atoms with Gasteiger partial charge in [0.2, 0.25) is 11.8 Å². The van der Waals surface area contributed by atoms with Gasteiger partial charge in [0.25, 0.3) is 0 Å². The Morgan fingerprint density at radius 2 is 2.00 bits per heavy atom. The summed E-state index contributed by atoms with van der Waals surface area (Å²) in [4.78, 5) is 22.3. The molecule has 1 atom stereocenters. The fourth-order valence-electron chi connectivity index (χ4n) is 5.25. The van der Waals surface area contributed by atoms with Crippen molar-refractivity contribution in [1.82, 2.24) is 9.88 Å². The molecular weight excluding hydrogens is 342 g/mol. The molecule has 1 saturated carbocycles. The van der Waals surface area contributed by atoms with E-state index in [4.69, 9.17) is 4.74 Å². The van der Waals surface area contributed by atoms with Gasteiger partial charge >= 0.3 is 0 Å². The smallest absolute Gasteiger partial charge is 0.230 e. The van der Waals surface area contributed by atoms with E-state index >= 15 is 0 Å². The quantitative estimate of drug-likeness (QED) is 0.882. The minimum Gasteiger partial charge on any atom is -0.481 e. The normalized spacial score (nSPS) is 31.6. The van der Waals surface area contributed by atoms with Crippen LogP contribution < -0.4 is 9.64 Å². The molecule has 1 aromatic rings. The summed E-state index contributed by atoms with van der Waals surface area (Å²) in [6.45, 7) is 4.70. The van der Waals surface area contributed by atoms with E-state index in [1.54, 1.807) is 7.11 Å². The number of methoxy groups -OCH3 is 1. The van der Waals surface area contributed by atoms with Gasteiger partial charge in [-0.1, -0.05) is 0 Å². The van der Waals surface area contributed by atoms with Crippen molar-refractivity contribution in [2.24, 2.45) is 5.41 Å². The lowest BCUT2D eigenvalue weighted by atomic mass is 9.78. The molecule has 2 aliphatic heterocycles. The van der Waals surface area contributed by atoms with Crippen molar-refractivity contribution in [3.8, 4) is 5.88 Å². The first-order valence-electron chi connectivity index (χ1n) is 10.3. The van der Waals surface area contributed by atoms with Gasteiger partial charge in [-0.05, 0) is 57.4 Å². The first kappa shape index (κ1) is 18.5. The van der Waals surface area contributed by atoms with Gasteiger partial charge in [-0.3, -0.25) is 4.79 Å². The molecule has 2 saturated heterocycles. The summed E-state index contributed by atoms with van der Waals surface area (Å²) in [5.74, 6) is 0.971. The summed E-state index contributed by atoms with van der Waals surface area (Å²) < 4.78 is 5.23. The summed E-state index contributed by atoms with van der Waals surface area (Å²) in [6, 6.07) is 2.28. The van der Waals surface area contributed by atoms with Crippen LogP contribution in [-0.4, -0.2) is 59.8 Å². The van der Waals surface area contributed by atoms with Crippen LogP contribution >= 0.6 is 0 Å². The number of aliphatic hydroxyl groups excluding tert-OH is 1. The molecule has 0 aromatic carbocycles. The van der Waals surface area contributed by atoms with Crippen molar-refractivity contribution in [2.75, 3.05) is 31.6 Å². The molecule has 1 spiro atoms. The first-order chi connectivity index (χ1) is 13.0. The van der Waals surface area contributed by atoms with Crippen molar-refractivity contribution in [1.29, 1.82) is 0 Å². The van der Waals surface area contributed by atoms with Crippen LogP contribution in [0.3, 0.4) is 0 Å². The summed E-state index contributed by atoms with van der Waals surface area (Å²) in [6.07, 6.45) is 8.20. The molecule has 3 aliphatic rings. The minimum atomic E-state index is -0.249. The second kappa shape index (κ2) is 7.30. The molecule has 0 radical (unpaired) electrons. The number of aromatic nitrogens is 1. The van der Waals surface area contributed by atoms with Crippen molar-refractivity contribution in [3.05, 3.63) is 17.8 Å². The molecular formula is C21H31N3O3. The number of nitrogens with zero attached hydrogens (tertiary/aromatic N) is 3. The van der Waals surface area contributed by atoms with Crippen LogP contribution in [0.2, 0.25) is 0 Å². The average molecular weight is 373 g/mol. The zero-order valence-corrected chi connectivity index (χ0v) is 16.5. The van der Waals surface area contributed by atoms with E-state index in [1.807, 2.05) is 12.3 Å². The first-order valence-corrected chi connectivity index (χ1v) is 10.3. The van der Waals surface area contributed by atoms with Crippen LogP contribution in [0.1, 0.15) is 50.5 Å². The summed E-state index contributed by atoms with van der Waals surface area (Å²) in [5, 5.41) is 9.78. The molecule has 1 amide bonds. The van der Waals surface area contributed by atoms with E-state index < -0.39 is 0 Å². The average Bonchev–Trinajstić information content (AvgIpc) is 2.98. The molecule has 6 nitrogen and oxygen atoms in total.